The quantitative estimate of drug-likeness (QED) is 0.815. The van der Waals surface area contributed by atoms with Crippen LogP contribution in [0.4, 0.5) is 0 Å². The molecule has 92 valence electrons. The molecule has 0 aromatic heterocycles. The Bertz CT molecular complexity index is 435. The lowest BCUT2D eigenvalue weighted by Crippen LogP contribution is -2.34. The van der Waals surface area contributed by atoms with E-state index in [1.165, 1.54) is 0 Å². The molecule has 1 amide bonds. The van der Waals surface area contributed by atoms with Crippen LogP contribution in [0.25, 0.3) is 0 Å². The summed E-state index contributed by atoms with van der Waals surface area (Å²) in [6, 6.07) is 6.03. The number of hydrogen-bond acceptors (Lipinski definition) is 1. The number of hydrogen-bond donors (Lipinski definition) is 0. The Morgan fingerprint density at radius 1 is 1.59 bits per heavy atom. The van der Waals surface area contributed by atoms with Crippen LogP contribution in [0.3, 0.4) is 0 Å². The zero-order chi connectivity index (χ0) is 12.4. The monoisotopic (exact) mass is 315 g/mol. The summed E-state index contributed by atoms with van der Waals surface area (Å²) in [5.74, 6) is 0.212. The molecule has 17 heavy (non-hydrogen) atoms. The number of amides is 1. The van der Waals surface area contributed by atoms with Gasteiger partial charge in [0, 0.05) is 17.1 Å². The van der Waals surface area contributed by atoms with Gasteiger partial charge < -0.3 is 4.90 Å². The minimum atomic E-state index is 0.212. The van der Waals surface area contributed by atoms with Gasteiger partial charge in [-0.15, -0.1) is 0 Å². The van der Waals surface area contributed by atoms with Crippen molar-refractivity contribution in [1.29, 1.82) is 0 Å². The largest absolute Gasteiger partial charge is 0.340 e. The first kappa shape index (κ1) is 12.9. The van der Waals surface area contributed by atoms with Gasteiger partial charge in [-0.2, -0.15) is 0 Å². The number of nitrogens with zero attached hydrogens (tertiary/aromatic N) is 1. The third kappa shape index (κ3) is 3.02. The number of halogens is 2. The maximum Gasteiger partial charge on any atom is 0.227 e. The molecule has 0 N–H and O–H groups in total. The second kappa shape index (κ2) is 5.40. The van der Waals surface area contributed by atoms with Gasteiger partial charge in [0.25, 0.3) is 0 Å². The van der Waals surface area contributed by atoms with Crippen molar-refractivity contribution in [3.05, 3.63) is 33.3 Å². The highest BCUT2D eigenvalue weighted by atomic mass is 79.9. The number of rotatable bonds is 2. The van der Waals surface area contributed by atoms with Crippen LogP contribution < -0.4 is 0 Å². The first-order chi connectivity index (χ1) is 8.08. The fourth-order valence-electron chi connectivity index (χ4n) is 2.23. The van der Waals surface area contributed by atoms with E-state index in [0.717, 1.165) is 29.4 Å². The smallest absolute Gasteiger partial charge is 0.227 e. The van der Waals surface area contributed by atoms with Crippen molar-refractivity contribution in [2.45, 2.75) is 32.2 Å². The second-order valence-corrected chi connectivity index (χ2v) is 5.77. The Hall–Kier alpha value is -0.540. The zero-order valence-corrected chi connectivity index (χ0v) is 12.1. The molecule has 2 rings (SSSR count). The first-order valence-electron chi connectivity index (χ1n) is 5.81. The average Bonchev–Trinajstić information content (AvgIpc) is 2.70. The van der Waals surface area contributed by atoms with E-state index in [0.29, 0.717) is 17.5 Å². The summed E-state index contributed by atoms with van der Waals surface area (Å²) in [5.41, 5.74) is 1.00. The minimum Gasteiger partial charge on any atom is -0.340 e. The van der Waals surface area contributed by atoms with Gasteiger partial charge in [-0.1, -0.05) is 17.7 Å². The summed E-state index contributed by atoms with van der Waals surface area (Å²) in [7, 11) is 0. The Labute approximate surface area is 115 Å². The molecule has 1 heterocycles. The van der Waals surface area contributed by atoms with E-state index in [1.807, 2.05) is 23.1 Å². The molecule has 1 aromatic carbocycles. The Morgan fingerprint density at radius 2 is 2.35 bits per heavy atom. The van der Waals surface area contributed by atoms with Crippen molar-refractivity contribution in [2.24, 2.45) is 0 Å². The van der Waals surface area contributed by atoms with Gasteiger partial charge in [-0.25, -0.2) is 0 Å². The van der Waals surface area contributed by atoms with Crippen molar-refractivity contribution in [1.82, 2.24) is 4.90 Å². The number of carbonyl (C=O) groups excluding carboxylic acids is 1. The first-order valence-corrected chi connectivity index (χ1v) is 6.98. The maximum absolute atomic E-state index is 12.1. The van der Waals surface area contributed by atoms with Gasteiger partial charge in [0.2, 0.25) is 5.91 Å². The van der Waals surface area contributed by atoms with Crippen LogP contribution in [-0.2, 0) is 11.2 Å². The molecule has 0 saturated carbocycles. The summed E-state index contributed by atoms with van der Waals surface area (Å²) < 4.78 is 0.846. The highest BCUT2D eigenvalue weighted by molar-refractivity contribution is 9.10. The molecule has 0 aliphatic carbocycles. The molecule has 1 aliphatic heterocycles. The lowest BCUT2D eigenvalue weighted by molar-refractivity contribution is -0.130. The van der Waals surface area contributed by atoms with Crippen molar-refractivity contribution in [2.75, 3.05) is 6.54 Å². The lowest BCUT2D eigenvalue weighted by atomic mass is 10.1. The standard InChI is InChI=1S/C13H15BrClNO/c1-9-3-2-6-16(9)13(17)8-10-4-5-12(15)11(14)7-10/h4-5,7,9H,2-3,6,8H2,1H3/t9-/m0/s1. The Kier molecular flexibility index (Phi) is 4.10. The van der Waals surface area contributed by atoms with Gasteiger partial charge in [-0.05, 0) is 53.4 Å². The summed E-state index contributed by atoms with van der Waals surface area (Å²) >= 11 is 9.30. The second-order valence-electron chi connectivity index (χ2n) is 4.50. The molecule has 1 atom stereocenters. The highest BCUT2D eigenvalue weighted by Gasteiger charge is 2.24. The van der Waals surface area contributed by atoms with E-state index in [2.05, 4.69) is 22.9 Å². The molecular weight excluding hydrogens is 302 g/mol. The molecule has 2 nitrogen and oxygen atoms in total. The number of carbonyl (C=O) groups is 1. The Morgan fingerprint density at radius 3 is 2.94 bits per heavy atom. The van der Waals surface area contributed by atoms with Gasteiger partial charge in [-0.3, -0.25) is 4.79 Å². The summed E-state index contributed by atoms with van der Waals surface area (Å²) in [6.45, 7) is 3.01. The summed E-state index contributed by atoms with van der Waals surface area (Å²) in [4.78, 5) is 14.1. The van der Waals surface area contributed by atoms with E-state index in [9.17, 15) is 4.79 Å². The SMILES string of the molecule is C[C@H]1CCCN1C(=O)Cc1ccc(Cl)c(Br)c1. The third-order valence-corrected chi connectivity index (χ3v) is 4.43. The average molecular weight is 317 g/mol. The van der Waals surface area contributed by atoms with E-state index < -0.39 is 0 Å². The van der Waals surface area contributed by atoms with Gasteiger partial charge in [0.1, 0.15) is 0 Å². The third-order valence-electron chi connectivity index (χ3n) is 3.21. The van der Waals surface area contributed by atoms with Crippen LogP contribution in [0.5, 0.6) is 0 Å². The number of benzene rings is 1. The van der Waals surface area contributed by atoms with Crippen LogP contribution in [-0.4, -0.2) is 23.4 Å². The van der Waals surface area contributed by atoms with Crippen molar-refractivity contribution < 1.29 is 4.79 Å². The lowest BCUT2D eigenvalue weighted by Gasteiger charge is -2.21. The fraction of sp³-hybridized carbons (Fsp3) is 0.462. The molecule has 1 saturated heterocycles. The maximum atomic E-state index is 12.1. The molecule has 1 aromatic rings. The van der Waals surface area contributed by atoms with E-state index in [1.54, 1.807) is 0 Å². The van der Waals surface area contributed by atoms with Crippen LogP contribution in [0.2, 0.25) is 5.02 Å². The predicted octanol–water partition coefficient (Wildman–Crippen LogP) is 3.66. The van der Waals surface area contributed by atoms with E-state index in [-0.39, 0.29) is 5.91 Å². The normalized spacial score (nSPS) is 19.7. The minimum absolute atomic E-state index is 0.212. The number of likely N-dealkylation sites (tertiary alicyclic amines) is 1. The molecule has 0 spiro atoms. The van der Waals surface area contributed by atoms with Gasteiger partial charge >= 0.3 is 0 Å². The van der Waals surface area contributed by atoms with E-state index in [4.69, 9.17) is 11.6 Å². The molecule has 0 radical (unpaired) electrons. The van der Waals surface area contributed by atoms with Crippen LogP contribution in [0, 0.1) is 0 Å². The Balaban J connectivity index is 2.05. The summed E-state index contributed by atoms with van der Waals surface area (Å²) in [6.07, 6.45) is 2.70. The predicted molar refractivity (Wildman–Crippen MR) is 73.3 cm³/mol. The van der Waals surface area contributed by atoms with Gasteiger partial charge in [0.15, 0.2) is 0 Å². The highest BCUT2D eigenvalue weighted by Crippen LogP contribution is 2.24. The van der Waals surface area contributed by atoms with Crippen molar-refractivity contribution in [3.8, 4) is 0 Å². The van der Waals surface area contributed by atoms with Crippen molar-refractivity contribution >= 4 is 33.4 Å². The van der Waals surface area contributed by atoms with Crippen molar-refractivity contribution in [3.63, 3.8) is 0 Å². The fourth-order valence-corrected chi connectivity index (χ4v) is 2.77. The zero-order valence-electron chi connectivity index (χ0n) is 9.75. The van der Waals surface area contributed by atoms with Crippen LogP contribution in [0.1, 0.15) is 25.3 Å². The molecule has 4 heteroatoms. The molecule has 0 bridgehead atoms. The van der Waals surface area contributed by atoms with Crippen LogP contribution >= 0.6 is 27.5 Å². The molecule has 1 aliphatic rings. The van der Waals surface area contributed by atoms with E-state index >= 15 is 0 Å². The molecular formula is C13H15BrClNO. The van der Waals surface area contributed by atoms with Crippen LogP contribution in [0.15, 0.2) is 22.7 Å². The topological polar surface area (TPSA) is 20.3 Å². The summed E-state index contributed by atoms with van der Waals surface area (Å²) in [5, 5.41) is 0.677. The molecule has 1 fully saturated rings. The van der Waals surface area contributed by atoms with Gasteiger partial charge in [0.05, 0.1) is 11.4 Å². The molecule has 0 unspecified atom stereocenters.